The molecule has 10 heteroatoms. The zero-order chi connectivity index (χ0) is 22.2. The van der Waals surface area contributed by atoms with Gasteiger partial charge in [0.1, 0.15) is 12.0 Å². The summed E-state index contributed by atoms with van der Waals surface area (Å²) in [6, 6.07) is 10.5. The lowest BCUT2D eigenvalue weighted by Gasteiger charge is -2.15. The largest absolute Gasteiger partial charge is 0.496 e. The molecular formula is C21H17F2N3O4S. The van der Waals surface area contributed by atoms with Gasteiger partial charge in [-0.2, -0.15) is 0 Å². The number of sulfonamides is 1. The fourth-order valence-corrected chi connectivity index (χ4v) is 4.32. The third kappa shape index (κ3) is 3.93. The first-order valence-corrected chi connectivity index (χ1v) is 10.6. The molecule has 0 atom stereocenters. The number of alkyl halides is 2. The minimum Gasteiger partial charge on any atom is -0.496 e. The highest BCUT2D eigenvalue weighted by atomic mass is 32.2. The monoisotopic (exact) mass is 445 g/mol. The van der Waals surface area contributed by atoms with E-state index >= 15 is 0 Å². The highest BCUT2D eigenvalue weighted by Crippen LogP contribution is 2.38. The van der Waals surface area contributed by atoms with Crippen LogP contribution < -0.4 is 9.46 Å². The number of rotatable bonds is 6. The Kier molecular flexibility index (Phi) is 5.32. The molecule has 4 aromatic rings. The van der Waals surface area contributed by atoms with Gasteiger partial charge in [0, 0.05) is 28.8 Å². The lowest BCUT2D eigenvalue weighted by atomic mass is 9.98. The molecule has 0 bridgehead atoms. The van der Waals surface area contributed by atoms with Gasteiger partial charge in [0.15, 0.2) is 5.82 Å². The summed E-state index contributed by atoms with van der Waals surface area (Å²) in [5.74, 6) is 0.320. The molecule has 160 valence electrons. The van der Waals surface area contributed by atoms with Gasteiger partial charge in [0.25, 0.3) is 16.4 Å². The second-order valence-corrected chi connectivity index (χ2v) is 8.42. The molecule has 0 saturated heterocycles. The van der Waals surface area contributed by atoms with Crippen molar-refractivity contribution in [3.8, 4) is 17.0 Å². The van der Waals surface area contributed by atoms with E-state index in [2.05, 4.69) is 19.4 Å². The number of benzene rings is 2. The van der Waals surface area contributed by atoms with E-state index in [-0.39, 0.29) is 22.0 Å². The van der Waals surface area contributed by atoms with E-state index in [4.69, 9.17) is 4.74 Å². The van der Waals surface area contributed by atoms with Gasteiger partial charge in [0.05, 0.1) is 17.7 Å². The summed E-state index contributed by atoms with van der Waals surface area (Å²) in [4.78, 5) is 4.42. The van der Waals surface area contributed by atoms with Crippen LogP contribution in [0.2, 0.25) is 0 Å². The fourth-order valence-electron chi connectivity index (χ4n) is 3.29. The Balaban J connectivity index is 1.82. The number of halogens is 2. The summed E-state index contributed by atoms with van der Waals surface area (Å²) in [5, 5.41) is 4.79. The fraction of sp³-hybridized carbons (Fsp3) is 0.143. The summed E-state index contributed by atoms with van der Waals surface area (Å²) < 4.78 is 64.2. The van der Waals surface area contributed by atoms with E-state index in [9.17, 15) is 17.2 Å². The first-order chi connectivity index (χ1) is 14.8. The van der Waals surface area contributed by atoms with Crippen molar-refractivity contribution >= 4 is 26.6 Å². The van der Waals surface area contributed by atoms with E-state index in [1.165, 1.54) is 43.8 Å². The van der Waals surface area contributed by atoms with Gasteiger partial charge in [-0.05, 0) is 48.2 Å². The second kappa shape index (κ2) is 7.95. The lowest BCUT2D eigenvalue weighted by Crippen LogP contribution is -2.13. The molecule has 0 unspecified atom stereocenters. The van der Waals surface area contributed by atoms with Crippen molar-refractivity contribution < 1.29 is 26.5 Å². The van der Waals surface area contributed by atoms with Crippen LogP contribution in [-0.4, -0.2) is 25.7 Å². The molecule has 1 N–H and O–H groups in total. The molecule has 0 fully saturated rings. The number of methoxy groups -OCH3 is 1. The van der Waals surface area contributed by atoms with Crippen LogP contribution in [0.3, 0.4) is 0 Å². The molecule has 2 heterocycles. The van der Waals surface area contributed by atoms with E-state index < -0.39 is 16.4 Å². The van der Waals surface area contributed by atoms with Crippen LogP contribution in [-0.2, 0) is 10.0 Å². The Morgan fingerprint density at radius 1 is 1.13 bits per heavy atom. The predicted molar refractivity (Wildman–Crippen MR) is 111 cm³/mol. The summed E-state index contributed by atoms with van der Waals surface area (Å²) >= 11 is 0. The van der Waals surface area contributed by atoms with Gasteiger partial charge in [-0.1, -0.05) is 11.2 Å². The zero-order valence-electron chi connectivity index (χ0n) is 16.5. The standard InChI is InChI=1S/C21H17F2N3O4S/c1-12-9-17(18(29-2)11-16(12)21(22)23)20-15-4-3-14(10-13(15)5-7-24-20)31(27,28)26-19-6-8-30-25-19/h3-11,21H,1-2H3,(H,25,26). The number of fused-ring (bicyclic) bond motifs is 1. The smallest absolute Gasteiger partial charge is 0.264 e. The Morgan fingerprint density at radius 3 is 2.61 bits per heavy atom. The number of ether oxygens (including phenoxy) is 1. The highest BCUT2D eigenvalue weighted by molar-refractivity contribution is 7.92. The van der Waals surface area contributed by atoms with Crippen LogP contribution >= 0.6 is 0 Å². The first kappa shape index (κ1) is 20.7. The van der Waals surface area contributed by atoms with Crippen molar-refractivity contribution in [1.29, 1.82) is 0 Å². The molecule has 2 aromatic carbocycles. The third-order valence-corrected chi connectivity index (χ3v) is 6.15. The van der Waals surface area contributed by atoms with Crippen molar-refractivity contribution in [2.45, 2.75) is 18.2 Å². The van der Waals surface area contributed by atoms with Gasteiger partial charge < -0.3 is 9.26 Å². The quantitative estimate of drug-likeness (QED) is 0.452. The highest BCUT2D eigenvalue weighted by Gasteiger charge is 2.20. The molecule has 2 aromatic heterocycles. The molecule has 0 saturated carbocycles. The number of pyridine rings is 1. The van der Waals surface area contributed by atoms with E-state index in [0.29, 0.717) is 27.6 Å². The number of nitrogens with one attached hydrogen (secondary N) is 1. The lowest BCUT2D eigenvalue weighted by molar-refractivity contribution is 0.150. The predicted octanol–water partition coefficient (Wildman–Crippen LogP) is 4.95. The molecule has 0 aliphatic carbocycles. The second-order valence-electron chi connectivity index (χ2n) is 6.74. The third-order valence-electron chi connectivity index (χ3n) is 4.80. The average molecular weight is 445 g/mol. The van der Waals surface area contributed by atoms with E-state index in [0.717, 1.165) is 0 Å². The van der Waals surface area contributed by atoms with Crippen LogP contribution in [0.1, 0.15) is 17.6 Å². The Bertz CT molecular complexity index is 1360. The van der Waals surface area contributed by atoms with Crippen molar-refractivity contribution in [1.82, 2.24) is 10.1 Å². The van der Waals surface area contributed by atoms with E-state index in [1.54, 1.807) is 25.1 Å². The Morgan fingerprint density at radius 2 is 1.94 bits per heavy atom. The first-order valence-electron chi connectivity index (χ1n) is 9.09. The summed E-state index contributed by atoms with van der Waals surface area (Å²) in [6.45, 7) is 1.59. The molecule has 7 nitrogen and oxygen atoms in total. The molecule has 0 aliphatic rings. The van der Waals surface area contributed by atoms with Crippen LogP contribution in [0.15, 0.2) is 64.3 Å². The molecule has 0 spiro atoms. The minimum absolute atomic E-state index is 0.0244. The number of hydrogen-bond donors (Lipinski definition) is 1. The molecule has 0 aliphatic heterocycles. The van der Waals surface area contributed by atoms with Crippen LogP contribution in [0.4, 0.5) is 14.6 Å². The van der Waals surface area contributed by atoms with Crippen LogP contribution in [0.25, 0.3) is 22.0 Å². The molecule has 4 rings (SSSR count). The van der Waals surface area contributed by atoms with Gasteiger partial charge >= 0.3 is 0 Å². The number of hydrogen-bond acceptors (Lipinski definition) is 6. The Labute approximate surface area is 176 Å². The number of nitrogens with zero attached hydrogens (tertiary/aromatic N) is 2. The normalized spacial score (nSPS) is 11.8. The van der Waals surface area contributed by atoms with Gasteiger partial charge in [-0.15, -0.1) is 0 Å². The molecule has 31 heavy (non-hydrogen) atoms. The maximum absolute atomic E-state index is 13.3. The van der Waals surface area contributed by atoms with Crippen molar-refractivity contribution in [3.63, 3.8) is 0 Å². The van der Waals surface area contributed by atoms with Crippen molar-refractivity contribution in [3.05, 3.63) is 66.1 Å². The number of anilines is 1. The van der Waals surface area contributed by atoms with Crippen molar-refractivity contribution in [2.24, 2.45) is 0 Å². The number of aryl methyl sites for hydroxylation is 1. The van der Waals surface area contributed by atoms with Gasteiger partial charge in [-0.3, -0.25) is 9.71 Å². The summed E-state index contributed by atoms with van der Waals surface area (Å²) in [7, 11) is -2.49. The van der Waals surface area contributed by atoms with Gasteiger partial charge in [-0.25, -0.2) is 17.2 Å². The maximum atomic E-state index is 13.3. The molecule has 0 amide bonds. The summed E-state index contributed by atoms with van der Waals surface area (Å²) in [6.07, 6.45) is 0.146. The maximum Gasteiger partial charge on any atom is 0.264 e. The van der Waals surface area contributed by atoms with Gasteiger partial charge in [0.2, 0.25) is 0 Å². The topological polar surface area (TPSA) is 94.3 Å². The minimum atomic E-state index is -3.89. The zero-order valence-corrected chi connectivity index (χ0v) is 17.3. The number of aromatic nitrogens is 2. The molecule has 0 radical (unpaired) electrons. The van der Waals surface area contributed by atoms with Crippen molar-refractivity contribution in [2.75, 3.05) is 11.8 Å². The average Bonchev–Trinajstić information content (AvgIpc) is 3.24. The van der Waals surface area contributed by atoms with Crippen LogP contribution in [0.5, 0.6) is 5.75 Å². The summed E-state index contributed by atoms with van der Waals surface area (Å²) in [5.41, 5.74) is 1.31. The SMILES string of the molecule is COc1cc(C(F)F)c(C)cc1-c1nccc2cc(S(=O)(=O)Nc3ccon3)ccc12. The Hall–Kier alpha value is -3.53. The molecular weight excluding hydrogens is 428 g/mol. The van der Waals surface area contributed by atoms with Crippen LogP contribution in [0, 0.1) is 6.92 Å². The van der Waals surface area contributed by atoms with E-state index in [1.807, 2.05) is 0 Å².